The highest BCUT2D eigenvalue weighted by atomic mass is 16.3. The smallest absolute Gasteiger partial charge is 0.0974 e. The second-order valence-electron chi connectivity index (χ2n) is 8.12. The Morgan fingerprint density at radius 1 is 1.32 bits per heavy atom. The van der Waals surface area contributed by atoms with Gasteiger partial charge in [-0.25, -0.2) is 0 Å². The van der Waals surface area contributed by atoms with Gasteiger partial charge in [0.05, 0.1) is 18.6 Å². The summed E-state index contributed by atoms with van der Waals surface area (Å²) < 4.78 is 5.14. The molecule has 2 saturated carbocycles. The molecule has 0 saturated heterocycles. The highest BCUT2D eigenvalue weighted by molar-refractivity contribution is 5.49. The van der Waals surface area contributed by atoms with Gasteiger partial charge in [-0.05, 0) is 47.6 Å². The second-order valence-corrected chi connectivity index (χ2v) is 8.12. The molecule has 1 aromatic heterocycles. The van der Waals surface area contributed by atoms with Crippen molar-refractivity contribution in [1.29, 1.82) is 0 Å². The molecule has 2 heteroatoms. The van der Waals surface area contributed by atoms with Crippen molar-refractivity contribution in [2.45, 2.75) is 52.6 Å². The molecule has 0 radical (unpaired) electrons. The van der Waals surface area contributed by atoms with Gasteiger partial charge < -0.3 is 9.52 Å². The highest BCUT2D eigenvalue weighted by Gasteiger charge is 2.54. The molecule has 0 aliphatic heterocycles. The van der Waals surface area contributed by atoms with Crippen LogP contribution >= 0.6 is 0 Å². The van der Waals surface area contributed by atoms with E-state index in [4.69, 9.17) is 4.42 Å². The molecule has 2 nitrogen and oxygen atoms in total. The van der Waals surface area contributed by atoms with E-state index in [1.54, 1.807) is 12.5 Å². The lowest BCUT2D eigenvalue weighted by molar-refractivity contribution is -0.0697. The van der Waals surface area contributed by atoms with Crippen molar-refractivity contribution in [1.82, 2.24) is 0 Å². The number of furan rings is 1. The van der Waals surface area contributed by atoms with Crippen molar-refractivity contribution in [3.8, 4) is 0 Å². The molecular formula is C20H28O2. The van der Waals surface area contributed by atoms with Crippen LogP contribution in [-0.4, -0.2) is 11.2 Å². The summed E-state index contributed by atoms with van der Waals surface area (Å²) >= 11 is 0. The van der Waals surface area contributed by atoms with E-state index in [-0.39, 0.29) is 22.9 Å². The predicted molar refractivity (Wildman–Crippen MR) is 90.2 cm³/mol. The maximum Gasteiger partial charge on any atom is 0.0974 e. The summed E-state index contributed by atoms with van der Waals surface area (Å²) in [5.74, 6) is 0.768. The van der Waals surface area contributed by atoms with Crippen LogP contribution in [-0.2, 0) is 0 Å². The van der Waals surface area contributed by atoms with Gasteiger partial charge in [-0.15, -0.1) is 0 Å². The summed E-state index contributed by atoms with van der Waals surface area (Å²) in [7, 11) is 0. The second kappa shape index (κ2) is 5.42. The Balaban J connectivity index is 1.96. The number of rotatable bonds is 2. The largest absolute Gasteiger partial charge is 0.472 e. The van der Waals surface area contributed by atoms with Crippen LogP contribution in [0.4, 0.5) is 0 Å². The van der Waals surface area contributed by atoms with Crippen LogP contribution in [0.5, 0.6) is 0 Å². The van der Waals surface area contributed by atoms with Gasteiger partial charge in [0.2, 0.25) is 0 Å². The minimum absolute atomic E-state index is 0.193. The van der Waals surface area contributed by atoms with E-state index in [2.05, 4.69) is 39.5 Å². The van der Waals surface area contributed by atoms with Gasteiger partial charge in [0.15, 0.2) is 0 Å². The number of hydrogen-bond donors (Lipinski definition) is 1. The summed E-state index contributed by atoms with van der Waals surface area (Å²) in [6.07, 6.45) is 12.0. The van der Waals surface area contributed by atoms with Crippen LogP contribution < -0.4 is 0 Å². The third-order valence-electron chi connectivity index (χ3n) is 6.30. The molecule has 4 atom stereocenters. The summed E-state index contributed by atoms with van der Waals surface area (Å²) in [6.45, 7) is 11.4. The Hall–Kier alpha value is -1.28. The number of fused-ring (bicyclic) bond motifs is 1. The fraction of sp³-hybridized carbons (Fsp3) is 0.600. The van der Waals surface area contributed by atoms with E-state index in [1.807, 2.05) is 6.07 Å². The molecule has 22 heavy (non-hydrogen) atoms. The first kappa shape index (κ1) is 15.6. The number of aliphatic hydroxyl groups is 1. The number of aliphatic hydroxyl groups excluding tert-OH is 1. The topological polar surface area (TPSA) is 33.4 Å². The molecule has 0 bridgehead atoms. The summed E-state index contributed by atoms with van der Waals surface area (Å²) in [6, 6.07) is 1.96. The standard InChI is InChI=1S/C20H28O2/c1-14-16(7-6-15-8-11-22-13-15)20(4)10-5-9-19(2,3)18(20)12-17(14)21/h6-8,11,13,16-18,21H,1,5,9-10,12H2,2-4H3/b7-6+/t16-,17?,18-,20+/m0/s1. The lowest BCUT2D eigenvalue weighted by Gasteiger charge is -2.58. The molecule has 1 aromatic rings. The first-order valence-corrected chi connectivity index (χ1v) is 8.42. The normalized spacial score (nSPS) is 38.2. The molecule has 120 valence electrons. The zero-order valence-electron chi connectivity index (χ0n) is 14.0. The van der Waals surface area contributed by atoms with Gasteiger partial charge in [-0.2, -0.15) is 0 Å². The average Bonchev–Trinajstić information content (AvgIpc) is 2.94. The predicted octanol–water partition coefficient (Wildman–Crippen LogP) is 5.06. The van der Waals surface area contributed by atoms with Gasteiger partial charge in [-0.3, -0.25) is 0 Å². The molecule has 0 spiro atoms. The van der Waals surface area contributed by atoms with Crippen LogP contribution in [0, 0.1) is 22.7 Å². The fourth-order valence-corrected chi connectivity index (χ4v) is 5.05. The summed E-state index contributed by atoms with van der Waals surface area (Å²) in [4.78, 5) is 0. The van der Waals surface area contributed by atoms with Crippen molar-refractivity contribution in [3.05, 3.63) is 42.4 Å². The Morgan fingerprint density at radius 3 is 2.77 bits per heavy atom. The van der Waals surface area contributed by atoms with E-state index in [0.717, 1.165) is 17.6 Å². The highest BCUT2D eigenvalue weighted by Crippen LogP contribution is 2.61. The lowest BCUT2D eigenvalue weighted by Crippen LogP contribution is -2.52. The molecule has 0 amide bonds. The van der Waals surface area contributed by atoms with Crippen LogP contribution in [0.15, 0.2) is 41.2 Å². The maximum atomic E-state index is 10.5. The third kappa shape index (κ3) is 2.48. The SMILES string of the molecule is C=C1C(O)C[C@H]2C(C)(C)CCC[C@]2(C)[C@H]1/C=C/c1ccoc1. The van der Waals surface area contributed by atoms with Crippen LogP contribution in [0.2, 0.25) is 0 Å². The van der Waals surface area contributed by atoms with E-state index in [9.17, 15) is 5.11 Å². The van der Waals surface area contributed by atoms with E-state index >= 15 is 0 Å². The molecule has 1 heterocycles. The van der Waals surface area contributed by atoms with Crippen molar-refractivity contribution in [3.63, 3.8) is 0 Å². The zero-order chi connectivity index (χ0) is 16.0. The summed E-state index contributed by atoms with van der Waals surface area (Å²) in [5.41, 5.74) is 2.54. The molecule has 0 aromatic carbocycles. The lowest BCUT2D eigenvalue weighted by atomic mass is 9.47. The number of allylic oxidation sites excluding steroid dienone is 1. The molecule has 2 fully saturated rings. The monoisotopic (exact) mass is 300 g/mol. The summed E-state index contributed by atoms with van der Waals surface area (Å²) in [5, 5.41) is 10.5. The first-order chi connectivity index (χ1) is 10.3. The van der Waals surface area contributed by atoms with Crippen molar-refractivity contribution in [2.75, 3.05) is 0 Å². The van der Waals surface area contributed by atoms with Gasteiger partial charge in [0.25, 0.3) is 0 Å². The quantitative estimate of drug-likeness (QED) is 0.774. The van der Waals surface area contributed by atoms with Gasteiger partial charge in [0.1, 0.15) is 0 Å². The third-order valence-corrected chi connectivity index (χ3v) is 6.30. The van der Waals surface area contributed by atoms with Crippen molar-refractivity contribution < 1.29 is 9.52 Å². The average molecular weight is 300 g/mol. The Morgan fingerprint density at radius 2 is 2.09 bits per heavy atom. The van der Waals surface area contributed by atoms with Crippen LogP contribution in [0.1, 0.15) is 52.0 Å². The van der Waals surface area contributed by atoms with Crippen LogP contribution in [0.3, 0.4) is 0 Å². The molecule has 1 unspecified atom stereocenters. The minimum Gasteiger partial charge on any atom is -0.472 e. The van der Waals surface area contributed by atoms with Crippen molar-refractivity contribution >= 4 is 6.08 Å². The van der Waals surface area contributed by atoms with Gasteiger partial charge in [-0.1, -0.05) is 45.9 Å². The molecule has 2 aliphatic carbocycles. The Bertz CT molecular complexity index is 567. The maximum absolute atomic E-state index is 10.5. The Kier molecular flexibility index (Phi) is 3.84. The van der Waals surface area contributed by atoms with Gasteiger partial charge >= 0.3 is 0 Å². The number of hydrogen-bond acceptors (Lipinski definition) is 2. The van der Waals surface area contributed by atoms with Crippen LogP contribution in [0.25, 0.3) is 6.08 Å². The van der Waals surface area contributed by atoms with E-state index in [1.165, 1.54) is 19.3 Å². The molecule has 2 aliphatic rings. The Labute approximate surface area is 133 Å². The fourth-order valence-electron chi connectivity index (χ4n) is 5.05. The molecular weight excluding hydrogens is 272 g/mol. The molecule has 3 rings (SSSR count). The van der Waals surface area contributed by atoms with E-state index < -0.39 is 0 Å². The minimum atomic E-state index is -0.380. The van der Waals surface area contributed by atoms with Gasteiger partial charge in [0, 0.05) is 11.5 Å². The van der Waals surface area contributed by atoms with Crippen molar-refractivity contribution in [2.24, 2.45) is 22.7 Å². The molecule has 1 N–H and O–H groups in total. The first-order valence-electron chi connectivity index (χ1n) is 8.42. The zero-order valence-corrected chi connectivity index (χ0v) is 14.0. The van der Waals surface area contributed by atoms with E-state index in [0.29, 0.717) is 5.92 Å².